The Morgan fingerprint density at radius 3 is 2.00 bits per heavy atom. The third kappa shape index (κ3) is 4.08. The molecule has 0 spiro atoms. The highest BCUT2D eigenvalue weighted by Crippen LogP contribution is 2.30. The van der Waals surface area contributed by atoms with E-state index in [1.807, 2.05) is 30.3 Å². The molecule has 0 aliphatic carbocycles. The lowest BCUT2D eigenvalue weighted by molar-refractivity contribution is 0.219. The molecular weight excluding hydrogens is 258 g/mol. The first kappa shape index (κ1) is 15.6. The van der Waals surface area contributed by atoms with Gasteiger partial charge in [0.15, 0.2) is 0 Å². The van der Waals surface area contributed by atoms with Crippen LogP contribution in [0.2, 0.25) is 0 Å². The van der Waals surface area contributed by atoms with Gasteiger partial charge in [0.05, 0.1) is 0 Å². The summed E-state index contributed by atoms with van der Waals surface area (Å²) in [5.41, 5.74) is 1.34. The minimum atomic E-state index is 0.445. The van der Waals surface area contributed by atoms with Gasteiger partial charge < -0.3 is 9.64 Å². The van der Waals surface area contributed by atoms with Crippen LogP contribution in [0.15, 0.2) is 54.6 Å². The predicted octanol–water partition coefficient (Wildman–Crippen LogP) is 5.13. The van der Waals surface area contributed by atoms with Gasteiger partial charge in [0.25, 0.3) is 0 Å². The average Bonchev–Trinajstić information content (AvgIpc) is 2.49. The van der Waals surface area contributed by atoms with E-state index in [0.717, 1.165) is 11.5 Å². The molecule has 2 rings (SSSR count). The molecule has 0 unspecified atom stereocenters. The Labute approximate surface area is 128 Å². The lowest BCUT2D eigenvalue weighted by Gasteiger charge is -2.30. The molecule has 0 radical (unpaired) electrons. The van der Waals surface area contributed by atoms with Crippen LogP contribution in [0.5, 0.6) is 11.5 Å². The summed E-state index contributed by atoms with van der Waals surface area (Å²) < 4.78 is 5.85. The summed E-state index contributed by atoms with van der Waals surface area (Å²) in [5, 5.41) is 0. The number of para-hydroxylation sites is 1. The summed E-state index contributed by atoms with van der Waals surface area (Å²) in [4.78, 5) is 2.29. The van der Waals surface area contributed by atoms with Gasteiger partial charge in [0.1, 0.15) is 11.5 Å². The van der Waals surface area contributed by atoms with Crippen molar-refractivity contribution in [2.24, 2.45) is 5.92 Å². The van der Waals surface area contributed by atoms with Crippen molar-refractivity contribution < 1.29 is 4.74 Å². The van der Waals surface area contributed by atoms with E-state index >= 15 is 0 Å². The van der Waals surface area contributed by atoms with E-state index in [2.05, 4.69) is 57.1 Å². The van der Waals surface area contributed by atoms with Gasteiger partial charge in [-0.3, -0.25) is 0 Å². The molecule has 0 saturated heterocycles. The van der Waals surface area contributed by atoms with E-state index in [1.165, 1.54) is 12.0 Å². The number of hydrogen-bond acceptors (Lipinski definition) is 2. The molecule has 0 aromatic heterocycles. The van der Waals surface area contributed by atoms with Crippen molar-refractivity contribution in [3.63, 3.8) is 0 Å². The summed E-state index contributed by atoms with van der Waals surface area (Å²) >= 11 is 0. The molecule has 0 bridgehead atoms. The highest BCUT2D eigenvalue weighted by atomic mass is 16.5. The molecule has 2 aromatic carbocycles. The summed E-state index contributed by atoms with van der Waals surface area (Å²) in [7, 11) is 4.29. The molecule has 21 heavy (non-hydrogen) atoms. The summed E-state index contributed by atoms with van der Waals surface area (Å²) in [5.74, 6) is 2.38. The summed E-state index contributed by atoms with van der Waals surface area (Å²) in [6.45, 7) is 4.55. The molecule has 0 fully saturated rings. The van der Waals surface area contributed by atoms with E-state index in [4.69, 9.17) is 4.74 Å². The highest BCUT2D eigenvalue weighted by Gasteiger charge is 2.20. The number of ether oxygens (including phenoxy) is 1. The van der Waals surface area contributed by atoms with Crippen LogP contribution < -0.4 is 4.74 Å². The minimum absolute atomic E-state index is 0.445. The average molecular weight is 283 g/mol. The molecule has 0 saturated carbocycles. The van der Waals surface area contributed by atoms with E-state index in [1.54, 1.807) is 0 Å². The van der Waals surface area contributed by atoms with Crippen LogP contribution in [0.3, 0.4) is 0 Å². The lowest BCUT2D eigenvalue weighted by atomic mass is 9.91. The van der Waals surface area contributed by atoms with Crippen LogP contribution in [-0.2, 0) is 0 Å². The first-order valence-electron chi connectivity index (χ1n) is 7.61. The number of rotatable bonds is 6. The van der Waals surface area contributed by atoms with Gasteiger partial charge in [0.2, 0.25) is 0 Å². The molecule has 2 aromatic rings. The monoisotopic (exact) mass is 283 g/mol. The van der Waals surface area contributed by atoms with Crippen molar-refractivity contribution >= 4 is 0 Å². The molecule has 0 amide bonds. The van der Waals surface area contributed by atoms with Crippen molar-refractivity contribution in [1.29, 1.82) is 0 Å². The maximum atomic E-state index is 5.85. The van der Waals surface area contributed by atoms with E-state index < -0.39 is 0 Å². The second-order valence-corrected chi connectivity index (χ2v) is 5.78. The van der Waals surface area contributed by atoms with Crippen LogP contribution >= 0.6 is 0 Å². The maximum Gasteiger partial charge on any atom is 0.127 e. The Kier molecular flexibility index (Phi) is 5.40. The van der Waals surface area contributed by atoms with Crippen molar-refractivity contribution in [3.05, 3.63) is 60.2 Å². The fourth-order valence-electron chi connectivity index (χ4n) is 2.72. The first-order chi connectivity index (χ1) is 10.1. The zero-order valence-corrected chi connectivity index (χ0v) is 13.4. The van der Waals surface area contributed by atoms with Gasteiger partial charge in [-0.05, 0) is 49.8 Å². The summed E-state index contributed by atoms with van der Waals surface area (Å²) in [6.07, 6.45) is 1.17. The number of hydrogen-bond donors (Lipinski definition) is 0. The number of benzene rings is 2. The van der Waals surface area contributed by atoms with Gasteiger partial charge in [-0.25, -0.2) is 0 Å². The van der Waals surface area contributed by atoms with Crippen molar-refractivity contribution in [1.82, 2.24) is 4.90 Å². The van der Waals surface area contributed by atoms with Crippen molar-refractivity contribution in [2.75, 3.05) is 14.1 Å². The smallest absolute Gasteiger partial charge is 0.127 e. The molecule has 0 aliphatic rings. The van der Waals surface area contributed by atoms with Crippen LogP contribution in [-0.4, -0.2) is 19.0 Å². The Bertz CT molecular complexity index is 533. The molecule has 0 heterocycles. The van der Waals surface area contributed by atoms with E-state index in [9.17, 15) is 0 Å². The quantitative estimate of drug-likeness (QED) is 0.729. The fraction of sp³-hybridized carbons (Fsp3) is 0.368. The molecule has 0 N–H and O–H groups in total. The van der Waals surface area contributed by atoms with E-state index in [-0.39, 0.29) is 0 Å². The Morgan fingerprint density at radius 1 is 0.905 bits per heavy atom. The van der Waals surface area contributed by atoms with Crippen molar-refractivity contribution in [2.45, 2.75) is 26.3 Å². The number of nitrogens with zero attached hydrogens (tertiary/aromatic N) is 1. The Morgan fingerprint density at radius 2 is 1.48 bits per heavy atom. The van der Waals surface area contributed by atoms with Gasteiger partial charge in [-0.1, -0.05) is 50.6 Å². The third-order valence-electron chi connectivity index (χ3n) is 3.94. The highest BCUT2D eigenvalue weighted by molar-refractivity contribution is 5.34. The Balaban J connectivity index is 2.14. The SMILES string of the molecule is CC[C@@H](C)[C@H](c1ccc(Oc2ccccc2)cc1)N(C)C. The maximum absolute atomic E-state index is 5.85. The third-order valence-corrected chi connectivity index (χ3v) is 3.94. The second-order valence-electron chi connectivity index (χ2n) is 5.78. The molecule has 2 nitrogen and oxygen atoms in total. The lowest BCUT2D eigenvalue weighted by Crippen LogP contribution is -2.25. The normalized spacial score (nSPS) is 14.0. The van der Waals surface area contributed by atoms with E-state index in [0.29, 0.717) is 12.0 Å². The van der Waals surface area contributed by atoms with Gasteiger partial charge in [-0.2, -0.15) is 0 Å². The van der Waals surface area contributed by atoms with Crippen LogP contribution in [0.4, 0.5) is 0 Å². The first-order valence-corrected chi connectivity index (χ1v) is 7.61. The van der Waals surface area contributed by atoms with Crippen LogP contribution in [0.25, 0.3) is 0 Å². The van der Waals surface area contributed by atoms with Gasteiger partial charge in [-0.15, -0.1) is 0 Å². The zero-order valence-electron chi connectivity index (χ0n) is 13.4. The molecule has 2 atom stereocenters. The zero-order chi connectivity index (χ0) is 15.2. The molecule has 112 valence electrons. The molecule has 2 heteroatoms. The van der Waals surface area contributed by atoms with Gasteiger partial charge in [0, 0.05) is 6.04 Å². The summed E-state index contributed by atoms with van der Waals surface area (Å²) in [6, 6.07) is 18.8. The van der Waals surface area contributed by atoms with Gasteiger partial charge >= 0.3 is 0 Å². The van der Waals surface area contributed by atoms with Crippen LogP contribution in [0, 0.1) is 5.92 Å². The van der Waals surface area contributed by atoms with Crippen molar-refractivity contribution in [3.8, 4) is 11.5 Å². The fourth-order valence-corrected chi connectivity index (χ4v) is 2.72. The molecular formula is C19H25NO. The topological polar surface area (TPSA) is 12.5 Å². The largest absolute Gasteiger partial charge is 0.457 e. The second kappa shape index (κ2) is 7.28. The Hall–Kier alpha value is -1.80. The minimum Gasteiger partial charge on any atom is -0.457 e. The molecule has 0 aliphatic heterocycles. The standard InChI is InChI=1S/C19H25NO/c1-5-15(2)19(20(3)4)16-11-13-18(14-12-16)21-17-9-7-6-8-10-17/h6-15,19H,5H2,1-4H3/t15-,19-/m1/s1. The van der Waals surface area contributed by atoms with Crippen LogP contribution in [0.1, 0.15) is 31.9 Å². The predicted molar refractivity (Wildman–Crippen MR) is 88.8 cm³/mol.